The van der Waals surface area contributed by atoms with Gasteiger partial charge >= 0.3 is 0 Å². The lowest BCUT2D eigenvalue weighted by Crippen LogP contribution is -2.50. The molecule has 0 atom stereocenters. The zero-order valence-electron chi connectivity index (χ0n) is 12.3. The summed E-state index contributed by atoms with van der Waals surface area (Å²) >= 11 is 0. The van der Waals surface area contributed by atoms with E-state index in [1.54, 1.807) is 13.0 Å². The summed E-state index contributed by atoms with van der Waals surface area (Å²) in [6.07, 6.45) is 0.932. The fourth-order valence-corrected chi connectivity index (χ4v) is 1.87. The Balaban J connectivity index is 3.18. The molecule has 110 valence electrons. The van der Waals surface area contributed by atoms with E-state index in [0.717, 1.165) is 11.1 Å². The van der Waals surface area contributed by atoms with Crippen molar-refractivity contribution in [2.45, 2.75) is 46.1 Å². The number of nitrogens with zero attached hydrogens (tertiary/aromatic N) is 1. The molecule has 0 aliphatic rings. The number of nitro groups is 1. The number of nitro benzene ring substituents is 1. The minimum absolute atomic E-state index is 0.115. The van der Waals surface area contributed by atoms with Gasteiger partial charge in [0, 0.05) is 6.07 Å². The molecule has 0 heterocycles. The van der Waals surface area contributed by atoms with E-state index in [1.807, 2.05) is 20.8 Å². The monoisotopic (exact) mass is 279 g/mol. The van der Waals surface area contributed by atoms with Crippen LogP contribution in [-0.2, 0) is 4.79 Å². The van der Waals surface area contributed by atoms with Crippen molar-refractivity contribution in [2.24, 2.45) is 5.73 Å². The van der Waals surface area contributed by atoms with Gasteiger partial charge in [-0.25, -0.2) is 0 Å². The molecule has 0 aliphatic heterocycles. The van der Waals surface area contributed by atoms with E-state index in [9.17, 15) is 14.9 Å². The summed E-state index contributed by atoms with van der Waals surface area (Å²) in [5, 5.41) is 13.7. The number of benzene rings is 1. The molecule has 3 N–H and O–H groups in total. The molecule has 0 unspecified atom stereocenters. The Morgan fingerprint density at radius 2 is 1.80 bits per heavy atom. The molecule has 0 aromatic heterocycles. The summed E-state index contributed by atoms with van der Waals surface area (Å²) in [6, 6.07) is 3.07. The number of hydrogen-bond acceptors (Lipinski definition) is 4. The van der Waals surface area contributed by atoms with E-state index in [-0.39, 0.29) is 11.4 Å². The van der Waals surface area contributed by atoms with Crippen molar-refractivity contribution in [3.05, 3.63) is 33.4 Å². The molecule has 0 aliphatic carbocycles. The van der Waals surface area contributed by atoms with Gasteiger partial charge in [-0.3, -0.25) is 14.9 Å². The van der Waals surface area contributed by atoms with Gasteiger partial charge in [-0.15, -0.1) is 0 Å². The van der Waals surface area contributed by atoms with E-state index in [1.165, 1.54) is 6.07 Å². The predicted octanol–water partition coefficient (Wildman–Crippen LogP) is 2.67. The molecule has 6 heteroatoms. The molecule has 1 aromatic rings. The maximum absolute atomic E-state index is 12.2. The number of amides is 1. The SMILES string of the molecule is CCC(N)(CC)C(=O)Nc1cc(C)c(C)cc1[N+](=O)[O-]. The van der Waals surface area contributed by atoms with Gasteiger partial charge in [0.1, 0.15) is 5.69 Å². The third-order valence-corrected chi connectivity index (χ3v) is 3.77. The summed E-state index contributed by atoms with van der Waals surface area (Å²) in [4.78, 5) is 22.8. The largest absolute Gasteiger partial charge is 0.319 e. The van der Waals surface area contributed by atoms with Crippen LogP contribution >= 0.6 is 0 Å². The van der Waals surface area contributed by atoms with Crippen LogP contribution in [0.4, 0.5) is 11.4 Å². The Hall–Kier alpha value is -1.95. The normalized spacial score (nSPS) is 11.2. The molecule has 1 rings (SSSR count). The first kappa shape index (κ1) is 16.1. The highest BCUT2D eigenvalue weighted by molar-refractivity contribution is 5.99. The smallest absolute Gasteiger partial charge is 0.293 e. The first-order chi connectivity index (χ1) is 9.25. The second kappa shape index (κ2) is 6.00. The van der Waals surface area contributed by atoms with Crippen LogP contribution in [0.5, 0.6) is 0 Å². The van der Waals surface area contributed by atoms with Crippen molar-refractivity contribution in [1.82, 2.24) is 0 Å². The van der Waals surface area contributed by atoms with Crippen molar-refractivity contribution >= 4 is 17.3 Å². The number of nitrogens with one attached hydrogen (secondary N) is 1. The standard InChI is InChI=1S/C14H21N3O3/c1-5-14(15,6-2)13(18)16-11-7-9(3)10(4)8-12(11)17(19)20/h7-8H,5-6,15H2,1-4H3,(H,16,18). The molecule has 6 nitrogen and oxygen atoms in total. The van der Waals surface area contributed by atoms with Gasteiger partial charge in [0.25, 0.3) is 5.69 Å². The van der Waals surface area contributed by atoms with Gasteiger partial charge < -0.3 is 11.1 Å². The number of hydrogen-bond donors (Lipinski definition) is 2. The Morgan fingerprint density at radius 3 is 2.25 bits per heavy atom. The first-order valence-electron chi connectivity index (χ1n) is 6.61. The second-order valence-corrected chi connectivity index (χ2v) is 5.03. The number of anilines is 1. The van der Waals surface area contributed by atoms with Crippen LogP contribution in [0.1, 0.15) is 37.8 Å². The zero-order valence-corrected chi connectivity index (χ0v) is 12.3. The average Bonchev–Trinajstić information content (AvgIpc) is 2.41. The Labute approximate surface area is 118 Å². The van der Waals surface area contributed by atoms with Crippen molar-refractivity contribution in [1.29, 1.82) is 0 Å². The fraction of sp³-hybridized carbons (Fsp3) is 0.500. The summed E-state index contributed by atoms with van der Waals surface area (Å²) in [5.74, 6) is -0.395. The van der Waals surface area contributed by atoms with E-state index in [0.29, 0.717) is 12.8 Å². The van der Waals surface area contributed by atoms with Gasteiger partial charge in [0.15, 0.2) is 0 Å². The van der Waals surface area contributed by atoms with Gasteiger partial charge in [0.2, 0.25) is 5.91 Å². The Morgan fingerprint density at radius 1 is 1.30 bits per heavy atom. The molecular weight excluding hydrogens is 258 g/mol. The third-order valence-electron chi connectivity index (χ3n) is 3.77. The average molecular weight is 279 g/mol. The van der Waals surface area contributed by atoms with E-state index in [2.05, 4.69) is 5.32 Å². The van der Waals surface area contributed by atoms with Crippen LogP contribution < -0.4 is 11.1 Å². The zero-order chi connectivity index (χ0) is 15.5. The van der Waals surface area contributed by atoms with Gasteiger partial charge in [-0.2, -0.15) is 0 Å². The molecule has 0 fully saturated rings. The summed E-state index contributed by atoms with van der Waals surface area (Å²) < 4.78 is 0. The highest BCUT2D eigenvalue weighted by Gasteiger charge is 2.31. The number of nitrogens with two attached hydrogens (primary N) is 1. The van der Waals surface area contributed by atoms with E-state index >= 15 is 0 Å². The fourth-order valence-electron chi connectivity index (χ4n) is 1.87. The minimum atomic E-state index is -1.01. The number of carbonyl (C=O) groups excluding carboxylic acids is 1. The van der Waals surface area contributed by atoms with Gasteiger partial charge in [0.05, 0.1) is 10.5 Å². The van der Waals surface area contributed by atoms with Crippen LogP contribution in [0.25, 0.3) is 0 Å². The third kappa shape index (κ3) is 3.14. The molecule has 0 spiro atoms. The molecule has 0 bridgehead atoms. The lowest BCUT2D eigenvalue weighted by Gasteiger charge is -2.25. The summed E-state index contributed by atoms with van der Waals surface area (Å²) in [7, 11) is 0. The van der Waals surface area contributed by atoms with Crippen LogP contribution in [0.2, 0.25) is 0 Å². The lowest BCUT2D eigenvalue weighted by atomic mass is 9.93. The maximum atomic E-state index is 12.2. The van der Waals surface area contributed by atoms with Crippen LogP contribution in [0.3, 0.4) is 0 Å². The topological polar surface area (TPSA) is 98.3 Å². The van der Waals surface area contributed by atoms with Crippen molar-refractivity contribution < 1.29 is 9.72 Å². The number of rotatable bonds is 5. The Bertz CT molecular complexity index is 537. The van der Waals surface area contributed by atoms with Gasteiger partial charge in [-0.05, 0) is 43.9 Å². The highest BCUT2D eigenvalue weighted by Crippen LogP contribution is 2.29. The van der Waals surface area contributed by atoms with Crippen molar-refractivity contribution in [2.75, 3.05) is 5.32 Å². The lowest BCUT2D eigenvalue weighted by molar-refractivity contribution is -0.384. The molecular formula is C14H21N3O3. The molecule has 0 radical (unpaired) electrons. The number of carbonyl (C=O) groups is 1. The first-order valence-corrected chi connectivity index (χ1v) is 6.61. The molecule has 1 amide bonds. The summed E-state index contributed by atoms with van der Waals surface area (Å²) in [5.41, 5.74) is 6.75. The second-order valence-electron chi connectivity index (χ2n) is 5.03. The molecule has 20 heavy (non-hydrogen) atoms. The van der Waals surface area contributed by atoms with Gasteiger partial charge in [-0.1, -0.05) is 13.8 Å². The van der Waals surface area contributed by atoms with Crippen LogP contribution in [-0.4, -0.2) is 16.4 Å². The summed E-state index contributed by atoms with van der Waals surface area (Å²) in [6.45, 7) is 7.26. The van der Waals surface area contributed by atoms with Crippen LogP contribution in [0.15, 0.2) is 12.1 Å². The van der Waals surface area contributed by atoms with Crippen molar-refractivity contribution in [3.8, 4) is 0 Å². The molecule has 1 aromatic carbocycles. The van der Waals surface area contributed by atoms with E-state index < -0.39 is 16.4 Å². The maximum Gasteiger partial charge on any atom is 0.293 e. The minimum Gasteiger partial charge on any atom is -0.319 e. The highest BCUT2D eigenvalue weighted by atomic mass is 16.6. The molecule has 0 saturated carbocycles. The van der Waals surface area contributed by atoms with Crippen molar-refractivity contribution in [3.63, 3.8) is 0 Å². The Kier molecular flexibility index (Phi) is 4.83. The number of aryl methyl sites for hydroxylation is 2. The molecule has 0 saturated heterocycles. The quantitative estimate of drug-likeness (QED) is 0.639. The van der Waals surface area contributed by atoms with E-state index in [4.69, 9.17) is 5.73 Å². The predicted molar refractivity (Wildman–Crippen MR) is 78.7 cm³/mol. The van der Waals surface area contributed by atoms with Crippen LogP contribution in [0, 0.1) is 24.0 Å².